The second-order valence-electron chi connectivity index (χ2n) is 5.82. The maximum atomic E-state index is 11.4. The van der Waals surface area contributed by atoms with Gasteiger partial charge >= 0.3 is 0 Å². The topological polar surface area (TPSA) is 64.0 Å². The van der Waals surface area contributed by atoms with E-state index in [0.29, 0.717) is 51.9 Å². The zero-order valence-corrected chi connectivity index (χ0v) is 17.4. The van der Waals surface area contributed by atoms with Crippen LogP contribution in [0.25, 0.3) is 0 Å². The monoisotopic (exact) mass is 409 g/mol. The molecule has 144 valence electrons. The third-order valence-corrected chi connectivity index (χ3v) is 4.55. The Kier molecular flexibility index (Phi) is 7.05. The van der Waals surface area contributed by atoms with Crippen LogP contribution in [0, 0.1) is 0 Å². The highest BCUT2D eigenvalue weighted by molar-refractivity contribution is 6.36. The minimum absolute atomic E-state index is 0.220. The van der Waals surface area contributed by atoms with E-state index in [4.69, 9.17) is 32.7 Å². The van der Waals surface area contributed by atoms with Gasteiger partial charge in [-0.1, -0.05) is 30.1 Å². The van der Waals surface area contributed by atoms with E-state index in [1.165, 1.54) is 19.4 Å². The van der Waals surface area contributed by atoms with Crippen molar-refractivity contribution in [2.75, 3.05) is 28.3 Å². The molecule has 0 bridgehead atoms. The molecule has 0 saturated carbocycles. The smallest absolute Gasteiger partial charge is 0.152 e. The Morgan fingerprint density at radius 3 is 2.41 bits per heavy atom. The van der Waals surface area contributed by atoms with Crippen molar-refractivity contribution in [3.8, 4) is 11.5 Å². The highest BCUT2D eigenvalue weighted by atomic mass is 35.5. The van der Waals surface area contributed by atoms with E-state index in [-0.39, 0.29) is 5.15 Å². The predicted octanol–water partition coefficient (Wildman–Crippen LogP) is 4.42. The van der Waals surface area contributed by atoms with Gasteiger partial charge in [0.05, 0.1) is 31.1 Å². The van der Waals surface area contributed by atoms with Crippen LogP contribution < -0.4 is 9.47 Å². The van der Waals surface area contributed by atoms with Crippen LogP contribution >= 0.6 is 23.2 Å². The van der Waals surface area contributed by atoms with E-state index in [1.54, 1.807) is 13.2 Å². The molecule has 0 aliphatic heterocycles. The first-order valence-corrected chi connectivity index (χ1v) is 8.93. The van der Waals surface area contributed by atoms with Crippen LogP contribution in [-0.2, 0) is 6.42 Å². The SMILES string of the molecule is CCc1c(OC)cc(OC)c(Cl)c1/C(=N/c1cnc(Cl)cc1C=O)N(C)C. The van der Waals surface area contributed by atoms with Crippen molar-refractivity contribution in [3.05, 3.63) is 45.2 Å². The van der Waals surface area contributed by atoms with E-state index >= 15 is 0 Å². The lowest BCUT2D eigenvalue weighted by atomic mass is 10.0. The summed E-state index contributed by atoms with van der Waals surface area (Å²) in [7, 11) is 6.80. The number of aliphatic imine (C=N–C) groups is 1. The van der Waals surface area contributed by atoms with Crippen LogP contribution in [0.4, 0.5) is 5.69 Å². The van der Waals surface area contributed by atoms with E-state index in [1.807, 2.05) is 25.9 Å². The summed E-state index contributed by atoms with van der Waals surface area (Å²) in [5, 5.41) is 0.634. The number of hydrogen-bond donors (Lipinski definition) is 0. The Hall–Kier alpha value is -2.31. The fourth-order valence-electron chi connectivity index (χ4n) is 2.68. The average molecular weight is 410 g/mol. The van der Waals surface area contributed by atoms with Crippen LogP contribution in [0.15, 0.2) is 23.3 Å². The lowest BCUT2D eigenvalue weighted by molar-refractivity contribution is 0.112. The summed E-state index contributed by atoms with van der Waals surface area (Å²) in [6.07, 6.45) is 2.80. The number of benzene rings is 1. The summed E-state index contributed by atoms with van der Waals surface area (Å²) in [5.74, 6) is 1.66. The normalized spacial score (nSPS) is 11.3. The predicted molar refractivity (Wildman–Crippen MR) is 108 cm³/mol. The number of ether oxygens (including phenoxy) is 2. The number of aldehydes is 1. The Balaban J connectivity index is 2.83. The molecule has 0 unspecified atom stereocenters. The Labute approximate surface area is 168 Å². The minimum atomic E-state index is 0.220. The molecule has 2 aromatic rings. The molecule has 0 amide bonds. The van der Waals surface area contributed by atoms with Crippen molar-refractivity contribution >= 4 is 41.0 Å². The number of hydrogen-bond acceptors (Lipinski definition) is 5. The van der Waals surface area contributed by atoms with Crippen LogP contribution in [0.3, 0.4) is 0 Å². The molecule has 0 spiro atoms. The molecule has 0 saturated heterocycles. The van der Waals surface area contributed by atoms with E-state index in [2.05, 4.69) is 9.98 Å². The van der Waals surface area contributed by atoms with Gasteiger partial charge in [0, 0.05) is 36.9 Å². The maximum Gasteiger partial charge on any atom is 0.152 e. The lowest BCUT2D eigenvalue weighted by Gasteiger charge is -2.23. The van der Waals surface area contributed by atoms with Gasteiger partial charge in [0.15, 0.2) is 6.29 Å². The molecule has 6 nitrogen and oxygen atoms in total. The highest BCUT2D eigenvalue weighted by Crippen LogP contribution is 2.39. The fourth-order valence-corrected chi connectivity index (χ4v) is 3.18. The maximum absolute atomic E-state index is 11.4. The summed E-state index contributed by atoms with van der Waals surface area (Å²) in [5.41, 5.74) is 2.27. The Morgan fingerprint density at radius 1 is 1.22 bits per heavy atom. The molecule has 1 aromatic carbocycles. The number of carbonyl (C=O) groups is 1. The third kappa shape index (κ3) is 4.34. The van der Waals surface area contributed by atoms with Crippen LogP contribution in [0.2, 0.25) is 10.2 Å². The molecular formula is C19H21Cl2N3O3. The minimum Gasteiger partial charge on any atom is -0.496 e. The molecule has 0 aliphatic carbocycles. The number of halogens is 2. The van der Waals surface area contributed by atoms with Crippen molar-refractivity contribution in [2.24, 2.45) is 4.99 Å². The third-order valence-electron chi connectivity index (χ3n) is 3.97. The molecule has 0 fully saturated rings. The van der Waals surface area contributed by atoms with Crippen LogP contribution in [0.1, 0.15) is 28.4 Å². The molecule has 0 radical (unpaired) electrons. The standard InChI is InChI=1S/C19H21Cl2N3O3/c1-6-12-14(26-4)8-15(27-5)18(21)17(12)19(24(2)3)23-13-9-22-16(20)7-11(13)10-25/h7-10H,6H2,1-5H3/b23-19-. The van der Waals surface area contributed by atoms with E-state index in [9.17, 15) is 4.79 Å². The Bertz CT molecular complexity index is 883. The van der Waals surface area contributed by atoms with Crippen molar-refractivity contribution in [1.82, 2.24) is 9.88 Å². The number of methoxy groups -OCH3 is 2. The van der Waals surface area contributed by atoms with Gasteiger partial charge in [-0.3, -0.25) is 4.79 Å². The summed E-state index contributed by atoms with van der Waals surface area (Å²) >= 11 is 12.5. The summed E-state index contributed by atoms with van der Waals surface area (Å²) in [4.78, 5) is 21.9. The van der Waals surface area contributed by atoms with Crippen molar-refractivity contribution in [1.29, 1.82) is 0 Å². The first-order chi connectivity index (χ1) is 12.9. The zero-order valence-electron chi connectivity index (χ0n) is 15.8. The quantitative estimate of drug-likeness (QED) is 0.305. The number of amidine groups is 1. The molecular weight excluding hydrogens is 389 g/mol. The number of rotatable bonds is 6. The van der Waals surface area contributed by atoms with Crippen molar-refractivity contribution < 1.29 is 14.3 Å². The number of pyridine rings is 1. The highest BCUT2D eigenvalue weighted by Gasteiger charge is 2.23. The average Bonchev–Trinajstić information content (AvgIpc) is 2.66. The van der Waals surface area contributed by atoms with E-state index in [0.717, 1.165) is 5.56 Å². The summed E-state index contributed by atoms with van der Waals surface area (Å²) < 4.78 is 10.9. The zero-order chi connectivity index (χ0) is 20.1. The van der Waals surface area contributed by atoms with Crippen LogP contribution in [-0.4, -0.2) is 50.3 Å². The molecule has 8 heteroatoms. The second-order valence-corrected chi connectivity index (χ2v) is 6.58. The molecule has 1 aromatic heterocycles. The van der Waals surface area contributed by atoms with Gasteiger partial charge < -0.3 is 14.4 Å². The summed E-state index contributed by atoms with van der Waals surface area (Å²) in [6.45, 7) is 2.00. The molecule has 0 atom stereocenters. The Morgan fingerprint density at radius 2 is 1.89 bits per heavy atom. The van der Waals surface area contributed by atoms with Gasteiger partial charge in [-0.15, -0.1) is 0 Å². The van der Waals surface area contributed by atoms with Crippen LogP contribution in [0.5, 0.6) is 11.5 Å². The molecule has 27 heavy (non-hydrogen) atoms. The molecule has 0 aliphatic rings. The largest absolute Gasteiger partial charge is 0.496 e. The fraction of sp³-hybridized carbons (Fsp3) is 0.316. The first-order valence-electron chi connectivity index (χ1n) is 8.18. The number of aromatic nitrogens is 1. The number of nitrogens with zero attached hydrogens (tertiary/aromatic N) is 3. The number of carbonyl (C=O) groups excluding carboxylic acids is 1. The van der Waals surface area contributed by atoms with Gasteiger partial charge in [0.25, 0.3) is 0 Å². The van der Waals surface area contributed by atoms with Gasteiger partial charge in [-0.2, -0.15) is 0 Å². The van der Waals surface area contributed by atoms with Gasteiger partial charge in [0.1, 0.15) is 22.5 Å². The first kappa shape index (κ1) is 21.0. The molecule has 0 N–H and O–H groups in total. The second kappa shape index (κ2) is 9.06. The lowest BCUT2D eigenvalue weighted by Crippen LogP contribution is -2.25. The van der Waals surface area contributed by atoms with Gasteiger partial charge in [-0.25, -0.2) is 9.98 Å². The van der Waals surface area contributed by atoms with E-state index < -0.39 is 0 Å². The van der Waals surface area contributed by atoms with Gasteiger partial charge in [-0.05, 0) is 12.5 Å². The van der Waals surface area contributed by atoms with Crippen molar-refractivity contribution in [2.45, 2.75) is 13.3 Å². The molecule has 1 heterocycles. The van der Waals surface area contributed by atoms with Crippen molar-refractivity contribution in [3.63, 3.8) is 0 Å². The summed E-state index contributed by atoms with van der Waals surface area (Å²) in [6, 6.07) is 3.22. The van der Waals surface area contributed by atoms with Gasteiger partial charge in [0.2, 0.25) is 0 Å². The molecule has 2 rings (SSSR count).